The van der Waals surface area contributed by atoms with Gasteiger partial charge in [-0.05, 0) is 34.2 Å². The minimum absolute atomic E-state index is 0.243. The van der Waals surface area contributed by atoms with Crippen molar-refractivity contribution in [2.75, 3.05) is 0 Å². The van der Waals surface area contributed by atoms with Crippen LogP contribution < -0.4 is 0 Å². The molecule has 0 aliphatic rings. The highest BCUT2D eigenvalue weighted by Gasteiger charge is 2.27. The first-order valence-electron chi connectivity index (χ1n) is 3.67. The highest BCUT2D eigenvalue weighted by molar-refractivity contribution is 14.1. The van der Waals surface area contributed by atoms with Crippen LogP contribution in [0.15, 0.2) is 6.20 Å². The molecule has 0 saturated heterocycles. The Morgan fingerprint density at radius 3 is 2.56 bits per heavy atom. The van der Waals surface area contributed by atoms with Crippen LogP contribution in [0.2, 0.25) is 0 Å². The second-order valence-electron chi connectivity index (χ2n) is 2.55. The maximum atomic E-state index is 12.5. The van der Waals surface area contributed by atoms with Crippen molar-refractivity contribution in [3.8, 4) is 0 Å². The molecule has 16 heavy (non-hydrogen) atoms. The van der Waals surface area contributed by atoms with Crippen LogP contribution in [0.4, 0.5) is 14.5 Å². The maximum absolute atomic E-state index is 12.5. The van der Waals surface area contributed by atoms with Crippen molar-refractivity contribution >= 4 is 45.1 Å². The number of aromatic nitrogens is 1. The predicted molar refractivity (Wildman–Crippen MR) is 58.7 cm³/mol. The molecule has 0 aliphatic heterocycles. The van der Waals surface area contributed by atoms with Crippen LogP contribution in [-0.2, 0) is 0 Å². The van der Waals surface area contributed by atoms with Crippen LogP contribution in [-0.4, -0.2) is 15.1 Å². The van der Waals surface area contributed by atoms with Crippen LogP contribution in [0.3, 0.4) is 0 Å². The van der Waals surface area contributed by atoms with Crippen molar-refractivity contribution in [2.45, 2.75) is 6.43 Å². The van der Waals surface area contributed by atoms with Gasteiger partial charge in [-0.3, -0.25) is 14.9 Å². The lowest BCUT2D eigenvalue weighted by Gasteiger charge is -2.06. The molecule has 0 saturated carbocycles. The van der Waals surface area contributed by atoms with E-state index in [0.29, 0.717) is 6.20 Å². The summed E-state index contributed by atoms with van der Waals surface area (Å²) in [6.07, 6.45) is -2.35. The summed E-state index contributed by atoms with van der Waals surface area (Å²) in [4.78, 5) is 23.8. The molecule has 1 aromatic rings. The van der Waals surface area contributed by atoms with Gasteiger partial charge in [-0.1, -0.05) is 0 Å². The molecule has 1 aromatic heterocycles. The van der Waals surface area contributed by atoms with E-state index in [1.165, 1.54) is 22.6 Å². The van der Waals surface area contributed by atoms with Crippen molar-refractivity contribution in [1.29, 1.82) is 0 Å². The second kappa shape index (κ2) is 4.95. The number of hydrogen-bond acceptors (Lipinski definition) is 4. The van der Waals surface area contributed by atoms with Gasteiger partial charge in [-0.25, -0.2) is 13.8 Å². The summed E-state index contributed by atoms with van der Waals surface area (Å²) in [6, 6.07) is 0. The van der Waals surface area contributed by atoms with Crippen molar-refractivity contribution in [3.05, 3.63) is 31.1 Å². The van der Waals surface area contributed by atoms with E-state index in [4.69, 9.17) is 11.6 Å². The van der Waals surface area contributed by atoms with E-state index in [1.54, 1.807) is 0 Å². The van der Waals surface area contributed by atoms with E-state index in [1.807, 2.05) is 0 Å². The molecule has 86 valence electrons. The number of carbonyl (C=O) groups is 1. The number of pyridine rings is 1. The van der Waals surface area contributed by atoms with Gasteiger partial charge in [-0.2, -0.15) is 0 Å². The Kier molecular flexibility index (Phi) is 4.08. The number of nitrogens with zero attached hydrogens (tertiary/aromatic N) is 2. The van der Waals surface area contributed by atoms with Gasteiger partial charge in [0.1, 0.15) is 15.5 Å². The fraction of sp³-hybridized carbons (Fsp3) is 0.143. The summed E-state index contributed by atoms with van der Waals surface area (Å²) in [5, 5.41) is 9.30. The van der Waals surface area contributed by atoms with Gasteiger partial charge in [0.25, 0.3) is 11.7 Å². The normalized spacial score (nSPS) is 10.6. The molecule has 0 aliphatic carbocycles. The fourth-order valence-electron chi connectivity index (χ4n) is 0.972. The number of hydrogen-bond donors (Lipinski definition) is 0. The van der Waals surface area contributed by atoms with Gasteiger partial charge in [0.15, 0.2) is 0 Å². The zero-order valence-electron chi connectivity index (χ0n) is 7.29. The molecule has 1 heterocycles. The first kappa shape index (κ1) is 13.2. The fourth-order valence-corrected chi connectivity index (χ4v) is 2.18. The van der Waals surface area contributed by atoms with E-state index in [0.717, 1.165) is 0 Å². The Balaban J connectivity index is 3.54. The number of alkyl halides is 2. The molecule has 0 atom stereocenters. The number of carbonyl (C=O) groups excluding carboxylic acids is 1. The lowest BCUT2D eigenvalue weighted by molar-refractivity contribution is -0.386. The molecule has 0 amide bonds. The molecule has 0 fully saturated rings. The van der Waals surface area contributed by atoms with Crippen LogP contribution in [0.5, 0.6) is 0 Å². The third kappa shape index (κ3) is 2.43. The van der Waals surface area contributed by atoms with Gasteiger partial charge in [-0.15, -0.1) is 0 Å². The van der Waals surface area contributed by atoms with Gasteiger partial charge in [0, 0.05) is 0 Å². The van der Waals surface area contributed by atoms with Gasteiger partial charge < -0.3 is 0 Å². The maximum Gasteiger partial charge on any atom is 0.301 e. The third-order valence-corrected chi connectivity index (χ3v) is 2.91. The van der Waals surface area contributed by atoms with Crippen molar-refractivity contribution in [2.24, 2.45) is 0 Å². The minimum atomic E-state index is -3.02. The second-order valence-corrected chi connectivity index (χ2v) is 3.97. The Morgan fingerprint density at radius 2 is 2.19 bits per heavy atom. The quantitative estimate of drug-likeness (QED) is 0.359. The third-order valence-electron chi connectivity index (χ3n) is 1.63. The Hall–Kier alpha value is -0.900. The van der Waals surface area contributed by atoms with E-state index < -0.39 is 33.5 Å². The molecule has 0 bridgehead atoms. The summed E-state index contributed by atoms with van der Waals surface area (Å²) in [5.41, 5.74) is -2.00. The highest BCUT2D eigenvalue weighted by Crippen LogP contribution is 2.31. The molecule has 0 spiro atoms. The summed E-state index contributed by atoms with van der Waals surface area (Å²) in [6.45, 7) is 0. The molecule has 0 N–H and O–H groups in total. The molecule has 0 unspecified atom stereocenters. The molecule has 0 radical (unpaired) electrons. The monoisotopic (exact) mass is 362 g/mol. The first-order chi connectivity index (χ1) is 7.36. The SMILES string of the molecule is O=C(Cl)c1c(C(F)F)ncc([N+](=O)[O-])c1I. The number of halogens is 4. The highest BCUT2D eigenvalue weighted by atomic mass is 127. The van der Waals surface area contributed by atoms with E-state index in [-0.39, 0.29) is 3.57 Å². The molecular formula is C7H2ClF2IN2O3. The summed E-state index contributed by atoms with van der Waals surface area (Å²) < 4.78 is 24.7. The molecule has 0 aromatic carbocycles. The average molecular weight is 362 g/mol. The smallest absolute Gasteiger partial charge is 0.275 e. The molecular weight excluding hydrogens is 360 g/mol. The molecule has 5 nitrogen and oxygen atoms in total. The van der Waals surface area contributed by atoms with Crippen LogP contribution in [0.1, 0.15) is 22.5 Å². The van der Waals surface area contributed by atoms with E-state index in [9.17, 15) is 23.7 Å². The Bertz CT molecular complexity index is 469. The van der Waals surface area contributed by atoms with Gasteiger partial charge >= 0.3 is 5.69 Å². The summed E-state index contributed by atoms with van der Waals surface area (Å²) in [7, 11) is 0. The zero-order chi connectivity index (χ0) is 12.5. The standard InChI is InChI=1S/C7H2ClF2IN2O3/c8-6(14)3-4(11)2(13(15)16)1-12-5(3)7(9)10/h1,7H. The number of nitro groups is 1. The molecule has 1 rings (SSSR count). The topological polar surface area (TPSA) is 73.1 Å². The first-order valence-corrected chi connectivity index (χ1v) is 5.12. The number of rotatable bonds is 3. The largest absolute Gasteiger partial charge is 0.301 e. The zero-order valence-corrected chi connectivity index (χ0v) is 10.2. The van der Waals surface area contributed by atoms with E-state index in [2.05, 4.69) is 4.98 Å². The van der Waals surface area contributed by atoms with Crippen LogP contribution >= 0.6 is 34.2 Å². The van der Waals surface area contributed by atoms with Crippen LogP contribution in [0, 0.1) is 13.7 Å². The summed E-state index contributed by atoms with van der Waals surface area (Å²) in [5.74, 6) is 0. The van der Waals surface area contributed by atoms with E-state index >= 15 is 0 Å². The average Bonchev–Trinajstić information content (AvgIpc) is 2.15. The van der Waals surface area contributed by atoms with Gasteiger partial charge in [0.2, 0.25) is 0 Å². The Morgan fingerprint density at radius 1 is 1.62 bits per heavy atom. The lowest BCUT2D eigenvalue weighted by Crippen LogP contribution is -2.07. The lowest BCUT2D eigenvalue weighted by atomic mass is 10.2. The van der Waals surface area contributed by atoms with Crippen LogP contribution in [0.25, 0.3) is 0 Å². The van der Waals surface area contributed by atoms with Crippen molar-refractivity contribution < 1.29 is 18.5 Å². The molecule has 9 heteroatoms. The minimum Gasteiger partial charge on any atom is -0.275 e. The summed E-state index contributed by atoms with van der Waals surface area (Å²) >= 11 is 6.50. The Labute approximate surface area is 106 Å². The van der Waals surface area contributed by atoms with Crippen molar-refractivity contribution in [1.82, 2.24) is 4.98 Å². The predicted octanol–water partition coefficient (Wildman–Crippen LogP) is 2.91. The van der Waals surface area contributed by atoms with Gasteiger partial charge in [0.05, 0.1) is 10.5 Å². The van der Waals surface area contributed by atoms with Crippen molar-refractivity contribution in [3.63, 3.8) is 0 Å².